The van der Waals surface area contributed by atoms with E-state index in [0.717, 1.165) is 38.5 Å². The molecule has 0 aromatic carbocycles. The van der Waals surface area contributed by atoms with Crippen molar-refractivity contribution in [2.75, 3.05) is 0 Å². The van der Waals surface area contributed by atoms with Crippen LogP contribution < -0.4 is 0 Å². The maximum absolute atomic E-state index is 11.8. The molecule has 0 rings (SSSR count). The summed E-state index contributed by atoms with van der Waals surface area (Å²) in [6.07, 6.45) is 11.8. The number of unbranched alkanes of at least 4 members (excludes halogenated alkanes) is 9. The summed E-state index contributed by atoms with van der Waals surface area (Å²) in [6, 6.07) is 0. The summed E-state index contributed by atoms with van der Waals surface area (Å²) in [4.78, 5) is 22.1. The van der Waals surface area contributed by atoms with E-state index in [1.54, 1.807) is 0 Å². The molecule has 0 saturated carbocycles. The maximum Gasteiger partial charge on any atom is 0.303 e. The molecule has 0 radical (unpaired) electrons. The molecule has 0 aliphatic carbocycles. The van der Waals surface area contributed by atoms with Gasteiger partial charge in [0.15, 0.2) is 5.78 Å². The maximum atomic E-state index is 11.8. The quantitative estimate of drug-likeness (QED) is 0.412. The Morgan fingerprint density at radius 2 is 1.27 bits per heavy atom. The van der Waals surface area contributed by atoms with Gasteiger partial charge in [0, 0.05) is 12.8 Å². The van der Waals surface area contributed by atoms with Gasteiger partial charge in [0.2, 0.25) is 0 Å². The van der Waals surface area contributed by atoms with E-state index in [1.165, 1.54) is 25.7 Å². The van der Waals surface area contributed by atoms with Gasteiger partial charge in [-0.1, -0.05) is 64.7 Å². The highest BCUT2D eigenvalue weighted by Gasteiger charge is 2.13. The first-order chi connectivity index (χ1) is 10.6. The number of aliphatic carboxylic acids is 1. The largest absolute Gasteiger partial charge is 0.481 e. The molecule has 0 heterocycles. The summed E-state index contributed by atoms with van der Waals surface area (Å²) in [5.41, 5.74) is 0. The second-order valence-electron chi connectivity index (χ2n) is 6.20. The van der Waals surface area contributed by atoms with Crippen molar-refractivity contribution in [2.45, 2.75) is 103 Å². The summed E-state index contributed by atoms with van der Waals surface area (Å²) in [5.74, 6) is -0.771. The number of carboxylic acids is 1. The zero-order chi connectivity index (χ0) is 16.6. The van der Waals surface area contributed by atoms with Crippen LogP contribution in [0.1, 0.15) is 96.8 Å². The molecule has 22 heavy (non-hydrogen) atoms. The summed E-state index contributed by atoms with van der Waals surface area (Å²) >= 11 is 0. The minimum Gasteiger partial charge on any atom is -0.481 e. The monoisotopic (exact) mass is 314 g/mol. The molecule has 0 spiro atoms. The van der Waals surface area contributed by atoms with Gasteiger partial charge in [0.1, 0.15) is 6.10 Å². The van der Waals surface area contributed by atoms with Crippen LogP contribution in [0, 0.1) is 0 Å². The van der Waals surface area contributed by atoms with Crippen LogP contribution in [-0.2, 0) is 9.59 Å². The topological polar surface area (TPSA) is 74.6 Å². The average molecular weight is 314 g/mol. The number of aliphatic hydroxyl groups excluding tert-OH is 1. The van der Waals surface area contributed by atoms with Crippen molar-refractivity contribution in [3.05, 3.63) is 0 Å². The van der Waals surface area contributed by atoms with Gasteiger partial charge >= 0.3 is 5.97 Å². The number of aliphatic hydroxyl groups is 1. The van der Waals surface area contributed by atoms with Gasteiger partial charge in [-0.25, -0.2) is 0 Å². The third-order valence-electron chi connectivity index (χ3n) is 4.02. The molecule has 0 aromatic heterocycles. The average Bonchev–Trinajstić information content (AvgIpc) is 2.49. The second kappa shape index (κ2) is 15.0. The Balaban J connectivity index is 3.40. The Labute approximate surface area is 135 Å². The van der Waals surface area contributed by atoms with Gasteiger partial charge in [-0.3, -0.25) is 9.59 Å². The van der Waals surface area contributed by atoms with Crippen molar-refractivity contribution in [1.29, 1.82) is 0 Å². The van der Waals surface area contributed by atoms with E-state index in [4.69, 9.17) is 5.11 Å². The van der Waals surface area contributed by atoms with Crippen molar-refractivity contribution in [1.82, 2.24) is 0 Å². The predicted octanol–water partition coefficient (Wildman–Crippen LogP) is 4.48. The molecule has 0 aromatic rings. The van der Waals surface area contributed by atoms with E-state index >= 15 is 0 Å². The Kier molecular flexibility index (Phi) is 14.4. The van der Waals surface area contributed by atoms with Crippen LogP contribution in [0.2, 0.25) is 0 Å². The van der Waals surface area contributed by atoms with Gasteiger partial charge < -0.3 is 10.2 Å². The van der Waals surface area contributed by atoms with Crippen molar-refractivity contribution in [2.24, 2.45) is 0 Å². The lowest BCUT2D eigenvalue weighted by Gasteiger charge is -2.09. The first kappa shape index (κ1) is 21.1. The van der Waals surface area contributed by atoms with Crippen LogP contribution in [0.25, 0.3) is 0 Å². The molecule has 1 unspecified atom stereocenters. The fourth-order valence-electron chi connectivity index (χ4n) is 2.55. The van der Waals surface area contributed by atoms with Crippen LogP contribution in [0.5, 0.6) is 0 Å². The number of carbonyl (C=O) groups is 2. The Bertz CT molecular complexity index is 289. The highest BCUT2D eigenvalue weighted by Crippen LogP contribution is 2.12. The van der Waals surface area contributed by atoms with Crippen LogP contribution in [0.4, 0.5) is 0 Å². The van der Waals surface area contributed by atoms with Gasteiger partial charge in [0.05, 0.1) is 0 Å². The predicted molar refractivity (Wildman–Crippen MR) is 89.0 cm³/mol. The Hall–Kier alpha value is -0.900. The molecular weight excluding hydrogens is 280 g/mol. The standard InChI is InChI=1S/C18H34O4/c1-2-3-4-5-7-10-13-16(19)17(20)14-11-8-6-9-12-15-18(21)22/h16,19H,2-15H2,1H3,(H,21,22). The molecule has 0 bridgehead atoms. The van der Waals surface area contributed by atoms with Gasteiger partial charge in [-0.15, -0.1) is 0 Å². The highest BCUT2D eigenvalue weighted by molar-refractivity contribution is 5.82. The number of hydrogen-bond acceptors (Lipinski definition) is 3. The normalized spacial score (nSPS) is 12.3. The molecule has 0 aliphatic heterocycles. The smallest absolute Gasteiger partial charge is 0.303 e. The Morgan fingerprint density at radius 3 is 1.86 bits per heavy atom. The van der Waals surface area contributed by atoms with Crippen LogP contribution >= 0.6 is 0 Å². The van der Waals surface area contributed by atoms with Crippen molar-refractivity contribution < 1.29 is 19.8 Å². The third kappa shape index (κ3) is 14.1. The third-order valence-corrected chi connectivity index (χ3v) is 4.02. The number of rotatable bonds is 16. The Morgan fingerprint density at radius 1 is 0.773 bits per heavy atom. The number of carbonyl (C=O) groups excluding carboxylic acids is 1. The number of ketones is 1. The molecule has 1 atom stereocenters. The lowest BCUT2D eigenvalue weighted by molar-refractivity contribution is -0.137. The van der Waals surface area contributed by atoms with Crippen molar-refractivity contribution >= 4 is 11.8 Å². The first-order valence-electron chi connectivity index (χ1n) is 9.00. The molecule has 130 valence electrons. The molecule has 0 amide bonds. The first-order valence-corrected chi connectivity index (χ1v) is 9.00. The fraction of sp³-hybridized carbons (Fsp3) is 0.889. The molecule has 4 heteroatoms. The summed E-state index contributed by atoms with van der Waals surface area (Å²) < 4.78 is 0. The van der Waals surface area contributed by atoms with E-state index in [1.807, 2.05) is 0 Å². The minimum atomic E-state index is -0.779. The van der Waals surface area contributed by atoms with Gasteiger partial charge in [-0.2, -0.15) is 0 Å². The van der Waals surface area contributed by atoms with E-state index < -0.39 is 12.1 Å². The number of hydrogen-bond donors (Lipinski definition) is 2. The summed E-state index contributed by atoms with van der Waals surface area (Å²) in [5, 5.41) is 18.3. The van der Waals surface area contributed by atoms with Crippen LogP contribution in [-0.4, -0.2) is 28.1 Å². The second-order valence-corrected chi connectivity index (χ2v) is 6.20. The summed E-state index contributed by atoms with van der Waals surface area (Å²) in [7, 11) is 0. The van der Waals surface area contributed by atoms with E-state index in [2.05, 4.69) is 6.92 Å². The zero-order valence-corrected chi connectivity index (χ0v) is 14.2. The fourth-order valence-corrected chi connectivity index (χ4v) is 2.55. The lowest BCUT2D eigenvalue weighted by Crippen LogP contribution is -2.19. The highest BCUT2D eigenvalue weighted by atomic mass is 16.4. The van der Waals surface area contributed by atoms with E-state index in [9.17, 15) is 14.7 Å². The molecule has 2 N–H and O–H groups in total. The van der Waals surface area contributed by atoms with Crippen LogP contribution in [0.15, 0.2) is 0 Å². The SMILES string of the molecule is CCCCCCCCC(O)C(=O)CCCCCCCC(=O)O. The molecule has 0 aliphatic rings. The zero-order valence-electron chi connectivity index (χ0n) is 14.2. The summed E-state index contributed by atoms with van der Waals surface area (Å²) in [6.45, 7) is 2.19. The van der Waals surface area contributed by atoms with Gasteiger partial charge in [0.25, 0.3) is 0 Å². The van der Waals surface area contributed by atoms with Gasteiger partial charge in [-0.05, 0) is 19.3 Å². The molecular formula is C18H34O4. The van der Waals surface area contributed by atoms with Crippen molar-refractivity contribution in [3.8, 4) is 0 Å². The lowest BCUT2D eigenvalue weighted by atomic mass is 10.0. The van der Waals surface area contributed by atoms with E-state index in [0.29, 0.717) is 19.3 Å². The number of carboxylic acid groups (broad SMARTS) is 1. The van der Waals surface area contributed by atoms with E-state index in [-0.39, 0.29) is 12.2 Å². The number of Topliss-reactive ketones (excluding diaryl/α,β-unsaturated/α-hetero) is 1. The minimum absolute atomic E-state index is 0.0286. The molecule has 0 saturated heterocycles. The molecule has 0 fully saturated rings. The van der Waals surface area contributed by atoms with Crippen LogP contribution in [0.3, 0.4) is 0 Å². The molecule has 4 nitrogen and oxygen atoms in total. The van der Waals surface area contributed by atoms with Crippen molar-refractivity contribution in [3.63, 3.8) is 0 Å².